The van der Waals surface area contributed by atoms with Crippen molar-refractivity contribution in [2.24, 2.45) is 0 Å². The zero-order chi connectivity index (χ0) is 34.4. The topological polar surface area (TPSA) is 105 Å². The molecule has 10 heteroatoms. The third-order valence-corrected chi connectivity index (χ3v) is 10.0. The first-order chi connectivity index (χ1) is 23.0. The minimum absolute atomic E-state index is 0.0202. The number of carbonyl (C=O) groups is 2. The monoisotopic (exact) mass is 669 g/mol. The highest BCUT2D eigenvalue weighted by Crippen LogP contribution is 2.38. The number of fused-ring (bicyclic) bond motifs is 1. The molecule has 0 aliphatic heterocycles. The Kier molecular flexibility index (Phi) is 10.7. The van der Waals surface area contributed by atoms with Crippen LogP contribution in [-0.4, -0.2) is 64.9 Å². The standard InChI is InChI=1S/C38H43N3O6S/c1-6-20-41(37(42)22-26-10-7-14-32(21-26)46-4)34-15-9-11-27-16-18-31(25-33(27)34)39-48(44,45)36-24-29(17-19-35(36)47-5)28-12-8-13-30(23-28)38(43)40(2)3/h7-8,10,12-14,16-19,21,23-25,34,39H,6,9,11,15,20,22H2,1-5H3. The van der Waals surface area contributed by atoms with Crippen LogP contribution in [0.3, 0.4) is 0 Å². The molecule has 0 spiro atoms. The van der Waals surface area contributed by atoms with Crippen molar-refractivity contribution < 1.29 is 27.5 Å². The first-order valence-corrected chi connectivity index (χ1v) is 17.6. The van der Waals surface area contributed by atoms with E-state index in [1.807, 2.05) is 47.4 Å². The number of amides is 2. The fourth-order valence-electron chi connectivity index (χ4n) is 6.28. The Bertz CT molecular complexity index is 1910. The van der Waals surface area contributed by atoms with Gasteiger partial charge in [0.25, 0.3) is 15.9 Å². The lowest BCUT2D eigenvalue weighted by Gasteiger charge is -2.36. The van der Waals surface area contributed by atoms with E-state index in [9.17, 15) is 18.0 Å². The van der Waals surface area contributed by atoms with Gasteiger partial charge in [-0.25, -0.2) is 8.42 Å². The first kappa shape index (κ1) is 34.5. The highest BCUT2D eigenvalue weighted by molar-refractivity contribution is 7.92. The Morgan fingerprint density at radius 3 is 2.40 bits per heavy atom. The summed E-state index contributed by atoms with van der Waals surface area (Å²) in [7, 11) is 2.30. The maximum atomic E-state index is 14.0. The maximum Gasteiger partial charge on any atom is 0.265 e. The van der Waals surface area contributed by atoms with Crippen molar-refractivity contribution in [3.63, 3.8) is 0 Å². The minimum atomic E-state index is -4.11. The van der Waals surface area contributed by atoms with Crippen LogP contribution < -0.4 is 14.2 Å². The first-order valence-electron chi connectivity index (χ1n) is 16.1. The van der Waals surface area contributed by atoms with Crippen molar-refractivity contribution in [3.8, 4) is 22.6 Å². The molecule has 5 rings (SSSR count). The second kappa shape index (κ2) is 14.9. The molecule has 0 saturated heterocycles. The van der Waals surface area contributed by atoms with Gasteiger partial charge in [0.15, 0.2) is 0 Å². The molecule has 0 saturated carbocycles. The molecule has 1 aliphatic rings. The van der Waals surface area contributed by atoms with Gasteiger partial charge in [-0.3, -0.25) is 14.3 Å². The Morgan fingerprint density at radius 2 is 1.67 bits per heavy atom. The summed E-state index contributed by atoms with van der Waals surface area (Å²) in [5, 5.41) is 0. The van der Waals surface area contributed by atoms with E-state index < -0.39 is 10.0 Å². The molecule has 0 heterocycles. The molecule has 4 aromatic carbocycles. The lowest BCUT2D eigenvalue weighted by atomic mass is 9.86. The molecule has 0 fully saturated rings. The van der Waals surface area contributed by atoms with Gasteiger partial charge < -0.3 is 19.3 Å². The van der Waals surface area contributed by atoms with Crippen molar-refractivity contribution in [2.45, 2.75) is 50.0 Å². The molecule has 1 N–H and O–H groups in total. The van der Waals surface area contributed by atoms with Crippen LogP contribution in [0.5, 0.6) is 11.5 Å². The fraction of sp³-hybridized carbons (Fsp3) is 0.316. The lowest BCUT2D eigenvalue weighted by Crippen LogP contribution is -2.38. The number of rotatable bonds is 12. The van der Waals surface area contributed by atoms with Crippen LogP contribution in [0, 0.1) is 0 Å². The Hall–Kier alpha value is -4.83. The van der Waals surface area contributed by atoms with E-state index in [2.05, 4.69) is 11.6 Å². The van der Waals surface area contributed by atoms with Crippen molar-refractivity contribution in [1.82, 2.24) is 9.80 Å². The van der Waals surface area contributed by atoms with Gasteiger partial charge in [-0.1, -0.05) is 43.3 Å². The van der Waals surface area contributed by atoms with Gasteiger partial charge in [-0.15, -0.1) is 0 Å². The number of anilines is 1. The van der Waals surface area contributed by atoms with Crippen molar-refractivity contribution in [1.29, 1.82) is 0 Å². The summed E-state index contributed by atoms with van der Waals surface area (Å²) in [5.41, 5.74) is 5.17. The zero-order valence-corrected chi connectivity index (χ0v) is 29.0. The summed E-state index contributed by atoms with van der Waals surface area (Å²) in [6, 6.07) is 25.0. The maximum absolute atomic E-state index is 14.0. The molecule has 48 heavy (non-hydrogen) atoms. The van der Waals surface area contributed by atoms with E-state index in [1.54, 1.807) is 63.7 Å². The van der Waals surface area contributed by atoms with E-state index in [4.69, 9.17) is 9.47 Å². The third kappa shape index (κ3) is 7.65. The van der Waals surface area contributed by atoms with Crippen LogP contribution >= 0.6 is 0 Å². The number of hydrogen-bond donors (Lipinski definition) is 1. The normalized spacial score (nSPS) is 14.1. The number of hydrogen-bond acceptors (Lipinski definition) is 6. The van der Waals surface area contributed by atoms with Gasteiger partial charge in [0.2, 0.25) is 5.91 Å². The molecule has 0 bridgehead atoms. The molecule has 1 atom stereocenters. The minimum Gasteiger partial charge on any atom is -0.497 e. The van der Waals surface area contributed by atoms with Crippen molar-refractivity contribution in [3.05, 3.63) is 107 Å². The van der Waals surface area contributed by atoms with Crippen molar-refractivity contribution >= 4 is 27.5 Å². The van der Waals surface area contributed by atoms with E-state index in [0.717, 1.165) is 42.4 Å². The largest absolute Gasteiger partial charge is 0.497 e. The fourth-order valence-corrected chi connectivity index (χ4v) is 7.53. The van der Waals surface area contributed by atoms with E-state index >= 15 is 0 Å². The zero-order valence-electron chi connectivity index (χ0n) is 28.2. The SMILES string of the molecule is CCCN(C(=O)Cc1cccc(OC)c1)C1CCCc2ccc(NS(=O)(=O)c3cc(-c4cccc(C(=O)N(C)C)c4)ccc3OC)cc21. The van der Waals surface area contributed by atoms with Gasteiger partial charge in [-0.2, -0.15) is 0 Å². The van der Waals surface area contributed by atoms with E-state index in [1.165, 1.54) is 12.0 Å². The summed E-state index contributed by atoms with van der Waals surface area (Å²) < 4.78 is 41.5. The van der Waals surface area contributed by atoms with E-state index in [0.29, 0.717) is 34.7 Å². The van der Waals surface area contributed by atoms with Crippen LogP contribution in [-0.2, 0) is 27.7 Å². The second-order valence-electron chi connectivity index (χ2n) is 12.2. The molecule has 2 amide bonds. The number of nitrogens with one attached hydrogen (secondary N) is 1. The molecule has 9 nitrogen and oxygen atoms in total. The Labute approximate surface area is 283 Å². The van der Waals surface area contributed by atoms with Crippen LogP contribution in [0.15, 0.2) is 89.8 Å². The molecule has 0 aromatic heterocycles. The highest BCUT2D eigenvalue weighted by Gasteiger charge is 2.30. The molecular formula is C38H43N3O6S. The van der Waals surface area contributed by atoms with Gasteiger partial charge >= 0.3 is 0 Å². The quantitative estimate of drug-likeness (QED) is 0.179. The number of nitrogens with zero attached hydrogens (tertiary/aromatic N) is 2. The summed E-state index contributed by atoms with van der Waals surface area (Å²) >= 11 is 0. The third-order valence-electron chi connectivity index (χ3n) is 8.63. The summed E-state index contributed by atoms with van der Waals surface area (Å²) in [5.74, 6) is 0.772. The molecule has 4 aromatic rings. The molecular weight excluding hydrogens is 627 g/mol. The molecule has 1 unspecified atom stereocenters. The summed E-state index contributed by atoms with van der Waals surface area (Å²) in [4.78, 5) is 29.7. The number of ether oxygens (including phenoxy) is 2. The summed E-state index contributed by atoms with van der Waals surface area (Å²) in [6.45, 7) is 2.65. The second-order valence-corrected chi connectivity index (χ2v) is 13.8. The van der Waals surface area contributed by atoms with Gasteiger partial charge in [0, 0.05) is 31.9 Å². The van der Waals surface area contributed by atoms with Crippen LogP contribution in [0.4, 0.5) is 5.69 Å². The van der Waals surface area contributed by atoms with Crippen LogP contribution in [0.25, 0.3) is 11.1 Å². The average molecular weight is 670 g/mol. The number of benzene rings is 4. The smallest absolute Gasteiger partial charge is 0.265 e. The predicted molar refractivity (Wildman–Crippen MR) is 188 cm³/mol. The highest BCUT2D eigenvalue weighted by atomic mass is 32.2. The molecule has 1 aliphatic carbocycles. The van der Waals surface area contributed by atoms with Gasteiger partial charge in [0.05, 0.1) is 26.7 Å². The van der Waals surface area contributed by atoms with Crippen LogP contribution in [0.2, 0.25) is 0 Å². The average Bonchev–Trinajstić information content (AvgIpc) is 3.09. The molecule has 252 valence electrons. The number of carbonyl (C=O) groups excluding carboxylic acids is 2. The lowest BCUT2D eigenvalue weighted by molar-refractivity contribution is -0.133. The molecule has 0 radical (unpaired) electrons. The number of sulfonamides is 1. The number of aryl methyl sites for hydroxylation is 1. The Morgan fingerprint density at radius 1 is 0.896 bits per heavy atom. The Balaban J connectivity index is 1.44. The van der Waals surface area contributed by atoms with Gasteiger partial charge in [0.1, 0.15) is 16.4 Å². The predicted octanol–water partition coefficient (Wildman–Crippen LogP) is 6.73. The van der Waals surface area contributed by atoms with Gasteiger partial charge in [-0.05, 0) is 102 Å². The van der Waals surface area contributed by atoms with Crippen LogP contribution in [0.1, 0.15) is 59.3 Å². The van der Waals surface area contributed by atoms with E-state index in [-0.39, 0.29) is 34.9 Å². The van der Waals surface area contributed by atoms with Crippen molar-refractivity contribution in [2.75, 3.05) is 39.6 Å². The number of methoxy groups -OCH3 is 2. The summed E-state index contributed by atoms with van der Waals surface area (Å²) in [6.07, 6.45) is 3.62.